The van der Waals surface area contributed by atoms with E-state index in [1.54, 1.807) is 0 Å². The molecule has 3 heteroatoms. The van der Waals surface area contributed by atoms with Gasteiger partial charge >= 0.3 is 0 Å². The van der Waals surface area contributed by atoms with Crippen molar-refractivity contribution in [1.29, 1.82) is 0 Å². The van der Waals surface area contributed by atoms with E-state index in [2.05, 4.69) is 18.3 Å². The van der Waals surface area contributed by atoms with Crippen molar-refractivity contribution in [2.75, 3.05) is 7.05 Å². The van der Waals surface area contributed by atoms with Crippen LogP contribution in [0.4, 0.5) is 0 Å². The molecule has 2 aromatic rings. The first-order valence-corrected chi connectivity index (χ1v) is 5.98. The van der Waals surface area contributed by atoms with Crippen LogP contribution < -0.4 is 5.32 Å². The summed E-state index contributed by atoms with van der Waals surface area (Å²) >= 11 is 5.95. The maximum absolute atomic E-state index is 5.95. The minimum absolute atomic E-state index is 0.288. The number of fused-ring (bicyclic) bond motifs is 1. The molecule has 0 saturated heterocycles. The first kappa shape index (κ1) is 11.5. The fourth-order valence-electron chi connectivity index (χ4n) is 1.92. The standard InChI is InChI=1S/C13H16ClNO/c1-3-4-11(15-2)13-8-9-7-10(14)5-6-12(9)16-13/h5-8,11,15H,3-4H2,1-2H3. The molecule has 0 spiro atoms. The summed E-state index contributed by atoms with van der Waals surface area (Å²) in [7, 11) is 1.96. The molecule has 0 fully saturated rings. The minimum Gasteiger partial charge on any atom is -0.459 e. The summed E-state index contributed by atoms with van der Waals surface area (Å²) in [6.07, 6.45) is 2.20. The molecular weight excluding hydrogens is 222 g/mol. The van der Waals surface area contributed by atoms with E-state index in [1.165, 1.54) is 0 Å². The molecule has 2 nitrogen and oxygen atoms in total. The van der Waals surface area contributed by atoms with Crippen LogP contribution in [-0.4, -0.2) is 7.05 Å². The molecule has 16 heavy (non-hydrogen) atoms. The Balaban J connectivity index is 2.37. The van der Waals surface area contributed by atoms with Crippen LogP contribution in [0.25, 0.3) is 11.0 Å². The highest BCUT2D eigenvalue weighted by Crippen LogP contribution is 2.28. The van der Waals surface area contributed by atoms with Gasteiger partial charge in [-0.3, -0.25) is 0 Å². The molecule has 2 rings (SSSR count). The topological polar surface area (TPSA) is 25.2 Å². The van der Waals surface area contributed by atoms with Gasteiger partial charge in [0.25, 0.3) is 0 Å². The second kappa shape index (κ2) is 4.89. The largest absolute Gasteiger partial charge is 0.459 e. The van der Waals surface area contributed by atoms with Gasteiger partial charge < -0.3 is 9.73 Å². The molecule has 1 N–H and O–H groups in total. The molecular formula is C13H16ClNO. The second-order valence-corrected chi connectivity index (χ2v) is 4.40. The number of halogens is 1. The van der Waals surface area contributed by atoms with E-state index >= 15 is 0 Å². The van der Waals surface area contributed by atoms with E-state index < -0.39 is 0 Å². The van der Waals surface area contributed by atoms with Crippen LogP contribution in [0.1, 0.15) is 31.6 Å². The van der Waals surface area contributed by atoms with Crippen molar-refractivity contribution < 1.29 is 4.42 Å². The van der Waals surface area contributed by atoms with Gasteiger partial charge in [0.2, 0.25) is 0 Å². The SMILES string of the molecule is CCCC(NC)c1cc2cc(Cl)ccc2o1. The van der Waals surface area contributed by atoms with Crippen molar-refractivity contribution in [2.24, 2.45) is 0 Å². The number of hydrogen-bond acceptors (Lipinski definition) is 2. The fraction of sp³-hybridized carbons (Fsp3) is 0.385. The lowest BCUT2D eigenvalue weighted by molar-refractivity contribution is 0.430. The fourth-order valence-corrected chi connectivity index (χ4v) is 2.10. The van der Waals surface area contributed by atoms with Crippen LogP contribution in [0.15, 0.2) is 28.7 Å². The molecule has 0 amide bonds. The average molecular weight is 238 g/mol. The Morgan fingerprint density at radius 2 is 2.19 bits per heavy atom. The van der Waals surface area contributed by atoms with Gasteiger partial charge in [-0.2, -0.15) is 0 Å². The summed E-state index contributed by atoms with van der Waals surface area (Å²) in [5, 5.41) is 5.08. The molecule has 0 aliphatic carbocycles. The van der Waals surface area contributed by atoms with Crippen molar-refractivity contribution in [3.05, 3.63) is 35.0 Å². The third-order valence-corrected chi connectivity index (χ3v) is 3.00. The third kappa shape index (κ3) is 2.23. The summed E-state index contributed by atoms with van der Waals surface area (Å²) in [5.41, 5.74) is 0.899. The maximum Gasteiger partial charge on any atom is 0.134 e. The van der Waals surface area contributed by atoms with Gasteiger partial charge in [-0.1, -0.05) is 24.9 Å². The summed E-state index contributed by atoms with van der Waals surface area (Å²) in [6.45, 7) is 2.17. The van der Waals surface area contributed by atoms with Crippen molar-refractivity contribution in [3.8, 4) is 0 Å². The minimum atomic E-state index is 0.288. The normalized spacial score (nSPS) is 13.2. The lowest BCUT2D eigenvalue weighted by Crippen LogP contribution is -2.15. The monoisotopic (exact) mass is 237 g/mol. The van der Waals surface area contributed by atoms with E-state index in [-0.39, 0.29) is 6.04 Å². The first-order valence-electron chi connectivity index (χ1n) is 5.61. The quantitative estimate of drug-likeness (QED) is 0.864. The predicted molar refractivity (Wildman–Crippen MR) is 67.9 cm³/mol. The van der Waals surface area contributed by atoms with Crippen molar-refractivity contribution in [2.45, 2.75) is 25.8 Å². The molecule has 0 radical (unpaired) electrons. The van der Waals surface area contributed by atoms with Crippen LogP contribution >= 0.6 is 11.6 Å². The van der Waals surface area contributed by atoms with Crippen molar-refractivity contribution in [1.82, 2.24) is 5.32 Å². The highest BCUT2D eigenvalue weighted by molar-refractivity contribution is 6.31. The van der Waals surface area contributed by atoms with Crippen molar-refractivity contribution >= 4 is 22.6 Å². The Kier molecular flexibility index (Phi) is 3.52. The number of furan rings is 1. The summed E-state index contributed by atoms with van der Waals surface area (Å²) < 4.78 is 5.81. The van der Waals surface area contributed by atoms with Crippen molar-refractivity contribution in [3.63, 3.8) is 0 Å². The summed E-state index contributed by atoms with van der Waals surface area (Å²) in [6, 6.07) is 8.06. The van der Waals surface area contributed by atoms with E-state index in [0.29, 0.717) is 0 Å². The molecule has 1 unspecified atom stereocenters. The van der Waals surface area contributed by atoms with E-state index in [4.69, 9.17) is 16.0 Å². The lowest BCUT2D eigenvalue weighted by atomic mass is 10.1. The first-order chi connectivity index (χ1) is 7.74. The summed E-state index contributed by atoms with van der Waals surface area (Å²) in [4.78, 5) is 0. The van der Waals surface area contributed by atoms with Crippen LogP contribution in [0.2, 0.25) is 5.02 Å². The average Bonchev–Trinajstić information content (AvgIpc) is 2.68. The number of hydrogen-bond donors (Lipinski definition) is 1. The Hall–Kier alpha value is -0.990. The third-order valence-electron chi connectivity index (χ3n) is 2.77. The molecule has 86 valence electrons. The van der Waals surface area contributed by atoms with Crippen LogP contribution in [0.5, 0.6) is 0 Å². The van der Waals surface area contributed by atoms with Crippen LogP contribution in [0, 0.1) is 0 Å². The Morgan fingerprint density at radius 1 is 1.38 bits per heavy atom. The van der Waals surface area contributed by atoms with Gasteiger partial charge in [0, 0.05) is 10.4 Å². The Bertz CT molecular complexity index is 478. The molecule has 0 aliphatic rings. The van der Waals surface area contributed by atoms with Crippen LogP contribution in [-0.2, 0) is 0 Å². The van der Waals surface area contributed by atoms with Gasteiger partial charge in [0.15, 0.2) is 0 Å². The Labute approximate surface area is 101 Å². The second-order valence-electron chi connectivity index (χ2n) is 3.96. The van der Waals surface area contributed by atoms with Gasteiger partial charge in [-0.25, -0.2) is 0 Å². The molecule has 1 aromatic heterocycles. The molecule has 0 bridgehead atoms. The van der Waals surface area contributed by atoms with Gasteiger partial charge in [0.1, 0.15) is 11.3 Å². The predicted octanol–water partition coefficient (Wildman–Crippen LogP) is 4.15. The highest BCUT2D eigenvalue weighted by atomic mass is 35.5. The zero-order valence-corrected chi connectivity index (χ0v) is 10.3. The van der Waals surface area contributed by atoms with Crippen LogP contribution in [0.3, 0.4) is 0 Å². The maximum atomic E-state index is 5.95. The zero-order chi connectivity index (χ0) is 11.5. The molecule has 0 aliphatic heterocycles. The Morgan fingerprint density at radius 3 is 2.88 bits per heavy atom. The smallest absolute Gasteiger partial charge is 0.134 e. The molecule has 1 aromatic carbocycles. The summed E-state index contributed by atoms with van der Waals surface area (Å²) in [5.74, 6) is 0.988. The molecule has 1 atom stereocenters. The number of nitrogens with one attached hydrogen (secondary N) is 1. The van der Waals surface area contributed by atoms with E-state index in [9.17, 15) is 0 Å². The molecule has 1 heterocycles. The van der Waals surface area contributed by atoms with Gasteiger partial charge in [0.05, 0.1) is 6.04 Å². The van der Waals surface area contributed by atoms with E-state index in [0.717, 1.165) is 34.6 Å². The highest BCUT2D eigenvalue weighted by Gasteiger charge is 2.13. The lowest BCUT2D eigenvalue weighted by Gasteiger charge is -2.11. The van der Waals surface area contributed by atoms with E-state index in [1.807, 2.05) is 25.2 Å². The zero-order valence-electron chi connectivity index (χ0n) is 9.59. The number of benzene rings is 1. The number of rotatable bonds is 4. The molecule has 0 saturated carbocycles. The van der Waals surface area contributed by atoms with Gasteiger partial charge in [-0.05, 0) is 37.7 Å². The van der Waals surface area contributed by atoms with Gasteiger partial charge in [-0.15, -0.1) is 0 Å².